The summed E-state index contributed by atoms with van der Waals surface area (Å²) in [5.41, 5.74) is 9.29. The third-order valence-electron chi connectivity index (χ3n) is 2.49. The average molecular weight is 274 g/mol. The van der Waals surface area contributed by atoms with Gasteiger partial charge in [0.05, 0.1) is 0 Å². The van der Waals surface area contributed by atoms with Gasteiger partial charge in [0.15, 0.2) is 0 Å². The van der Waals surface area contributed by atoms with Crippen LogP contribution in [-0.2, 0) is 0 Å². The molecule has 2 aromatic heterocycles. The Morgan fingerprint density at radius 1 is 0.700 bits per heavy atom. The van der Waals surface area contributed by atoms with Gasteiger partial charge in [-0.2, -0.15) is 0 Å². The lowest BCUT2D eigenvalue weighted by atomic mass is 10.2. The minimum Gasteiger partial charge on any atom is -0.308 e. The molecule has 6 heteroatoms. The van der Waals surface area contributed by atoms with Crippen molar-refractivity contribution in [2.45, 2.75) is 27.7 Å². The number of nitrogens with zero attached hydrogens (tertiary/aromatic N) is 2. The van der Waals surface area contributed by atoms with E-state index in [1.165, 1.54) is 11.1 Å². The van der Waals surface area contributed by atoms with Gasteiger partial charge < -0.3 is 10.9 Å². The normalized spacial score (nSPS) is 9.50. The molecule has 0 bridgehead atoms. The van der Waals surface area contributed by atoms with Crippen LogP contribution in [0.4, 0.5) is 11.6 Å². The molecule has 0 amide bonds. The van der Waals surface area contributed by atoms with Crippen LogP contribution >= 0.6 is 0 Å². The lowest BCUT2D eigenvalue weighted by Gasteiger charge is -2.00. The van der Waals surface area contributed by atoms with E-state index in [4.69, 9.17) is 11.7 Å². The van der Waals surface area contributed by atoms with Crippen molar-refractivity contribution in [3.63, 3.8) is 0 Å². The maximum Gasteiger partial charge on any atom is 0.140 e. The van der Waals surface area contributed by atoms with Crippen LogP contribution in [0.1, 0.15) is 22.5 Å². The summed E-state index contributed by atoms with van der Waals surface area (Å²) in [6.07, 6.45) is 0. The Hall–Kier alpha value is -2.18. The van der Waals surface area contributed by atoms with Crippen LogP contribution in [0.3, 0.4) is 0 Å². The smallest absolute Gasteiger partial charge is 0.140 e. The van der Waals surface area contributed by atoms with Gasteiger partial charge in [0.1, 0.15) is 11.6 Å². The fraction of sp³-hybridized carbons (Fsp3) is 0.286. The molecule has 6 nitrogen and oxygen atoms in total. The summed E-state index contributed by atoms with van der Waals surface area (Å²) in [4.78, 5) is 8.23. The first-order chi connectivity index (χ1) is 9.44. The van der Waals surface area contributed by atoms with Gasteiger partial charge in [-0.05, 0) is 63.1 Å². The van der Waals surface area contributed by atoms with Gasteiger partial charge in [-0.3, -0.25) is 0 Å². The summed E-state index contributed by atoms with van der Waals surface area (Å²) in [5, 5.41) is 0. The third-order valence-corrected chi connectivity index (χ3v) is 2.49. The number of hydrazine groups is 2. The Bertz CT molecular complexity index is 476. The molecule has 0 fully saturated rings. The first-order valence-electron chi connectivity index (χ1n) is 6.28. The number of aryl methyl sites for hydroxylation is 4. The Morgan fingerprint density at radius 2 is 1.05 bits per heavy atom. The number of nitrogen functional groups attached to an aromatic ring is 2. The van der Waals surface area contributed by atoms with E-state index in [1.54, 1.807) is 0 Å². The number of rotatable bonds is 2. The molecule has 108 valence electrons. The molecule has 2 aromatic rings. The number of aromatic nitrogens is 2. The van der Waals surface area contributed by atoms with Crippen LogP contribution in [-0.4, -0.2) is 9.97 Å². The Balaban J connectivity index is 0.000000200. The second kappa shape index (κ2) is 7.42. The third kappa shape index (κ3) is 5.21. The minimum atomic E-state index is 0.720. The van der Waals surface area contributed by atoms with Gasteiger partial charge >= 0.3 is 0 Å². The molecule has 20 heavy (non-hydrogen) atoms. The van der Waals surface area contributed by atoms with Crippen molar-refractivity contribution in [3.8, 4) is 0 Å². The largest absolute Gasteiger partial charge is 0.308 e. The van der Waals surface area contributed by atoms with Gasteiger partial charge in [-0.15, -0.1) is 0 Å². The van der Waals surface area contributed by atoms with E-state index in [0.717, 1.165) is 23.0 Å². The Labute approximate surface area is 119 Å². The molecule has 0 saturated carbocycles. The number of hydrogen-bond donors (Lipinski definition) is 4. The van der Waals surface area contributed by atoms with Crippen molar-refractivity contribution < 1.29 is 0 Å². The fourth-order valence-corrected chi connectivity index (χ4v) is 1.83. The zero-order valence-electron chi connectivity index (χ0n) is 12.4. The van der Waals surface area contributed by atoms with E-state index in [9.17, 15) is 0 Å². The van der Waals surface area contributed by atoms with Crippen LogP contribution < -0.4 is 22.5 Å². The first-order valence-corrected chi connectivity index (χ1v) is 6.28. The lowest BCUT2D eigenvalue weighted by Crippen LogP contribution is -2.08. The highest BCUT2D eigenvalue weighted by Crippen LogP contribution is 2.07. The molecular formula is C14H22N6. The SMILES string of the molecule is Cc1cc(C)nc(NN)c1.Cc1cc(C)nc(NN)c1. The molecule has 0 spiro atoms. The maximum absolute atomic E-state index is 5.18. The zero-order valence-corrected chi connectivity index (χ0v) is 12.4. The molecule has 0 atom stereocenters. The van der Waals surface area contributed by atoms with Gasteiger partial charge in [0.2, 0.25) is 0 Å². The molecule has 6 N–H and O–H groups in total. The number of pyridine rings is 2. The molecule has 0 aromatic carbocycles. The van der Waals surface area contributed by atoms with Crippen molar-refractivity contribution in [1.29, 1.82) is 0 Å². The summed E-state index contributed by atoms with van der Waals surface area (Å²) in [5.74, 6) is 11.8. The molecule has 2 heterocycles. The molecule has 0 aliphatic rings. The predicted molar refractivity (Wildman–Crippen MR) is 83.0 cm³/mol. The Morgan fingerprint density at radius 3 is 1.30 bits per heavy atom. The second-order valence-electron chi connectivity index (χ2n) is 4.63. The van der Waals surface area contributed by atoms with Crippen LogP contribution in [0.25, 0.3) is 0 Å². The van der Waals surface area contributed by atoms with Gasteiger partial charge in [0.25, 0.3) is 0 Å². The van der Waals surface area contributed by atoms with Crippen molar-refractivity contribution in [2.24, 2.45) is 11.7 Å². The molecule has 0 radical (unpaired) electrons. The minimum absolute atomic E-state index is 0.720. The van der Waals surface area contributed by atoms with E-state index in [2.05, 4.69) is 20.8 Å². The van der Waals surface area contributed by atoms with Crippen LogP contribution in [0.15, 0.2) is 24.3 Å². The standard InChI is InChI=1S/2C7H11N3/c2*1-5-3-6(2)9-7(4-5)10-8/h2*3-4H,8H2,1-2H3,(H,9,10). The molecule has 0 aliphatic carbocycles. The van der Waals surface area contributed by atoms with E-state index in [1.807, 2.05) is 52.0 Å². The molecule has 0 saturated heterocycles. The summed E-state index contributed by atoms with van der Waals surface area (Å²) >= 11 is 0. The molecule has 2 rings (SSSR count). The number of nitrogens with one attached hydrogen (secondary N) is 2. The van der Waals surface area contributed by atoms with Gasteiger partial charge in [-0.1, -0.05) is 0 Å². The zero-order chi connectivity index (χ0) is 15.1. The van der Waals surface area contributed by atoms with Crippen molar-refractivity contribution >= 4 is 11.6 Å². The molecule has 0 unspecified atom stereocenters. The quantitative estimate of drug-likeness (QED) is 0.493. The molecular weight excluding hydrogens is 252 g/mol. The summed E-state index contributed by atoms with van der Waals surface area (Å²) in [6, 6.07) is 7.79. The summed E-state index contributed by atoms with van der Waals surface area (Å²) in [6.45, 7) is 7.90. The maximum atomic E-state index is 5.18. The van der Waals surface area contributed by atoms with Crippen molar-refractivity contribution in [3.05, 3.63) is 46.8 Å². The van der Waals surface area contributed by atoms with Crippen molar-refractivity contribution in [1.82, 2.24) is 9.97 Å². The summed E-state index contributed by atoms with van der Waals surface area (Å²) in [7, 11) is 0. The van der Waals surface area contributed by atoms with Crippen LogP contribution in [0.5, 0.6) is 0 Å². The topological polar surface area (TPSA) is 102 Å². The van der Waals surface area contributed by atoms with E-state index in [-0.39, 0.29) is 0 Å². The predicted octanol–water partition coefficient (Wildman–Crippen LogP) is 1.97. The van der Waals surface area contributed by atoms with Gasteiger partial charge in [-0.25, -0.2) is 21.7 Å². The second-order valence-corrected chi connectivity index (χ2v) is 4.63. The number of nitrogens with two attached hydrogens (primary N) is 2. The lowest BCUT2D eigenvalue weighted by molar-refractivity contribution is 1.14. The highest BCUT2D eigenvalue weighted by atomic mass is 15.3. The monoisotopic (exact) mass is 274 g/mol. The van der Waals surface area contributed by atoms with E-state index < -0.39 is 0 Å². The fourth-order valence-electron chi connectivity index (χ4n) is 1.83. The van der Waals surface area contributed by atoms with E-state index in [0.29, 0.717) is 0 Å². The van der Waals surface area contributed by atoms with Crippen LogP contribution in [0, 0.1) is 27.7 Å². The highest BCUT2D eigenvalue weighted by Gasteiger charge is 1.93. The number of anilines is 2. The average Bonchev–Trinajstić information content (AvgIpc) is 2.37. The molecule has 0 aliphatic heterocycles. The van der Waals surface area contributed by atoms with E-state index >= 15 is 0 Å². The summed E-state index contributed by atoms with van der Waals surface area (Å²) < 4.78 is 0. The Kier molecular flexibility index (Phi) is 5.89. The van der Waals surface area contributed by atoms with Crippen molar-refractivity contribution in [2.75, 3.05) is 10.9 Å². The first kappa shape index (κ1) is 15.9. The number of hydrogen-bond acceptors (Lipinski definition) is 6. The van der Waals surface area contributed by atoms with Crippen LogP contribution in [0.2, 0.25) is 0 Å². The highest BCUT2D eigenvalue weighted by molar-refractivity contribution is 5.38. The van der Waals surface area contributed by atoms with Gasteiger partial charge in [0, 0.05) is 11.4 Å².